The lowest BCUT2D eigenvalue weighted by Gasteiger charge is -2.32. The largest absolute Gasteiger partial charge is 0.479 e. The average molecular weight is 966 g/mol. The zero-order chi connectivity index (χ0) is 47.0. The lowest BCUT2D eigenvalue weighted by molar-refractivity contribution is -0.139. The second kappa shape index (κ2) is 18.9. The van der Waals surface area contributed by atoms with Crippen LogP contribution >= 0.6 is 22.9 Å². The van der Waals surface area contributed by atoms with Crippen molar-refractivity contribution in [2.45, 2.75) is 62.3 Å². The second-order valence-electron chi connectivity index (χ2n) is 16.5. The third kappa shape index (κ3) is 9.65. The van der Waals surface area contributed by atoms with E-state index in [4.69, 9.17) is 21.4 Å². The molecule has 0 aliphatic carbocycles. The molecule has 1 atom stereocenters. The first kappa shape index (κ1) is 46.2. The average Bonchev–Trinajstić information content (AvgIpc) is 3.75. The summed E-state index contributed by atoms with van der Waals surface area (Å²) in [6.07, 6.45) is 2.45. The van der Waals surface area contributed by atoms with Gasteiger partial charge in [0.25, 0.3) is 0 Å². The summed E-state index contributed by atoms with van der Waals surface area (Å²) in [5.41, 5.74) is 3.34. The van der Waals surface area contributed by atoms with Gasteiger partial charge in [-0.05, 0) is 91.1 Å². The van der Waals surface area contributed by atoms with Crippen LogP contribution in [0.15, 0.2) is 65.5 Å². The van der Waals surface area contributed by atoms with Crippen LogP contribution < -0.4 is 26.4 Å². The van der Waals surface area contributed by atoms with Gasteiger partial charge in [-0.3, -0.25) is 24.0 Å². The summed E-state index contributed by atoms with van der Waals surface area (Å²) >= 11 is 7.19. The Bertz CT molecular complexity index is 2940. The number of piperidine rings is 3. The number of carboxylic acids is 2. The van der Waals surface area contributed by atoms with E-state index >= 15 is 4.39 Å². The van der Waals surface area contributed by atoms with Crippen LogP contribution in [0.25, 0.3) is 21.5 Å². The maximum absolute atomic E-state index is 15.1. The first-order valence-corrected chi connectivity index (χ1v) is 23.9. The predicted octanol–water partition coefficient (Wildman–Crippen LogP) is 5.82. The number of nitrogens with zero attached hydrogens (tertiary/aromatic N) is 4. The number of amides is 4. The second-order valence-corrected chi connectivity index (χ2v) is 19.8. The lowest BCUT2D eigenvalue weighted by Crippen LogP contribution is -2.44. The number of aliphatic carboxylic acids is 1. The molecule has 66 heavy (non-hydrogen) atoms. The van der Waals surface area contributed by atoms with Gasteiger partial charge in [0.1, 0.15) is 16.9 Å². The fourth-order valence-electron chi connectivity index (χ4n) is 8.78. The zero-order valence-electron chi connectivity index (χ0n) is 35.4. The number of ether oxygens (including phenoxy) is 1. The maximum Gasteiger partial charge on any atom is 0.349 e. The number of aromatic carboxylic acids is 1. The number of fused-ring (bicyclic) bond motifs is 1. The van der Waals surface area contributed by atoms with Crippen molar-refractivity contribution in [1.29, 1.82) is 0 Å². The zero-order valence-corrected chi connectivity index (χ0v) is 37.8. The van der Waals surface area contributed by atoms with E-state index in [-0.39, 0.29) is 87.5 Å². The number of urea groups is 1. The topological polar surface area (TPSA) is 239 Å². The Kier molecular flexibility index (Phi) is 13.2. The van der Waals surface area contributed by atoms with Crippen molar-refractivity contribution in [3.05, 3.63) is 98.0 Å². The van der Waals surface area contributed by atoms with Gasteiger partial charge in [0.15, 0.2) is 17.2 Å². The fraction of sp³-hybridized carbons (Fsp3) is 0.364. The van der Waals surface area contributed by atoms with Gasteiger partial charge in [-0.25, -0.2) is 36.3 Å². The fourth-order valence-corrected chi connectivity index (χ4v) is 11.7. The number of aromatic nitrogens is 2. The number of benzene rings is 3. The Hall–Kier alpha value is -6.29. The number of likely N-dealkylation sites (tertiary alicyclic amines) is 1. The summed E-state index contributed by atoms with van der Waals surface area (Å²) in [6, 6.07) is 15.1. The Morgan fingerprint density at radius 1 is 0.939 bits per heavy atom. The Morgan fingerprint density at radius 2 is 1.68 bits per heavy atom. The van der Waals surface area contributed by atoms with Gasteiger partial charge in [-0.2, -0.15) is 0 Å². The molecule has 3 saturated heterocycles. The maximum atomic E-state index is 15.1. The van der Waals surface area contributed by atoms with Gasteiger partial charge in [-0.15, -0.1) is 11.3 Å². The van der Waals surface area contributed by atoms with Gasteiger partial charge in [0, 0.05) is 51.4 Å². The summed E-state index contributed by atoms with van der Waals surface area (Å²) in [4.78, 5) is 75.5. The molecule has 8 rings (SSSR count). The van der Waals surface area contributed by atoms with Crippen LogP contribution in [0.5, 0.6) is 5.75 Å². The molecule has 5 N–H and O–H groups in total. The minimum atomic E-state index is -3.79. The van der Waals surface area contributed by atoms with Crippen LogP contribution in [0.4, 0.5) is 20.6 Å². The predicted molar refractivity (Wildman–Crippen MR) is 243 cm³/mol. The molecule has 1 unspecified atom stereocenters. The molecular weight excluding hydrogens is 921 g/mol. The van der Waals surface area contributed by atoms with Crippen molar-refractivity contribution in [2.24, 2.45) is 7.05 Å². The van der Waals surface area contributed by atoms with Crippen LogP contribution in [-0.2, 0) is 37.2 Å². The van der Waals surface area contributed by atoms with Gasteiger partial charge >= 0.3 is 23.7 Å². The molecule has 3 fully saturated rings. The highest BCUT2D eigenvalue weighted by Crippen LogP contribution is 2.46. The minimum absolute atomic E-state index is 0.0961. The number of carbonyl (C=O) groups is 5. The summed E-state index contributed by atoms with van der Waals surface area (Å²) in [5.74, 6) is -4.62. The number of carbonyl (C=O) groups excluding carboxylic acids is 3. The van der Waals surface area contributed by atoms with Gasteiger partial charge < -0.3 is 30.5 Å². The molecule has 0 radical (unpaired) electrons. The number of anilines is 2. The normalized spacial score (nSPS) is 17.7. The van der Waals surface area contributed by atoms with Gasteiger partial charge in [-0.1, -0.05) is 35.9 Å². The quantitative estimate of drug-likeness (QED) is 0.0878. The summed E-state index contributed by atoms with van der Waals surface area (Å²) in [7, 11) is -2.13. The van der Waals surface area contributed by atoms with Crippen LogP contribution in [0.2, 0.25) is 5.02 Å². The van der Waals surface area contributed by atoms with Crippen LogP contribution in [0.3, 0.4) is 0 Å². The summed E-state index contributed by atoms with van der Waals surface area (Å²) in [5, 5.41) is 26.9. The molecular formula is C44H45ClFN7O11S2. The molecule has 0 spiro atoms. The monoisotopic (exact) mass is 965 g/mol. The number of halogens is 2. The van der Waals surface area contributed by atoms with Crippen molar-refractivity contribution < 1.29 is 51.7 Å². The lowest BCUT2D eigenvalue weighted by atomic mass is 9.89. The van der Waals surface area contributed by atoms with E-state index in [0.717, 1.165) is 16.9 Å². The number of imidazole rings is 1. The molecule has 5 aromatic rings. The SMILES string of the molecule is Cn1c(=O)n(C2CCC(=O)NC2=O)c2ccc(C3CCN(C(=O)Nc4cccc(CS(=O)(=O)N5CCC(Nc6cc(-c7sc(C(=O)O)c(OCC(=O)O)c7Cl)ccc6F)CC5)c4)CC3)cc21. The molecule has 3 aliphatic rings. The highest BCUT2D eigenvalue weighted by atomic mass is 35.5. The Balaban J connectivity index is 0.839. The number of sulfonamides is 1. The highest BCUT2D eigenvalue weighted by Gasteiger charge is 2.33. The number of rotatable bonds is 13. The molecule has 2 aromatic heterocycles. The number of nitrogens with one attached hydrogen (secondary N) is 3. The van der Waals surface area contributed by atoms with Crippen molar-refractivity contribution in [2.75, 3.05) is 43.4 Å². The Morgan fingerprint density at radius 3 is 2.38 bits per heavy atom. The highest BCUT2D eigenvalue weighted by molar-refractivity contribution is 7.88. The first-order chi connectivity index (χ1) is 31.5. The summed E-state index contributed by atoms with van der Waals surface area (Å²) in [6.45, 7) is 0.446. The molecule has 3 aliphatic heterocycles. The molecule has 18 nitrogen and oxygen atoms in total. The van der Waals surface area contributed by atoms with Gasteiger partial charge in [0.05, 0.1) is 27.4 Å². The third-order valence-electron chi connectivity index (χ3n) is 12.2. The molecule has 4 amide bonds. The van der Waals surface area contributed by atoms with Crippen molar-refractivity contribution in [3.8, 4) is 16.2 Å². The molecule has 0 bridgehead atoms. The van der Waals surface area contributed by atoms with Gasteiger partial charge in [0.2, 0.25) is 21.8 Å². The standard InChI is InChI=1S/C44H45ClFN7O11S2/c1-50-34-21-26(6-8-32(34)53(44(50)61)33-9-10-35(54)49-41(33)57)25-11-15-51(16-12-25)43(60)48-29-4-2-3-24(19-29)23-66(62,63)52-17-13-28(14-18-52)47-31-20-27(5-7-30(31)46)39-37(45)38(64-22-36(55)56)40(65-39)42(58)59/h2-8,19-21,25,28,33,47H,9-18,22-23H2,1H3,(H,48,60)(H,55,56)(H,58,59)(H,49,54,57). The Labute approximate surface area is 385 Å². The molecule has 0 saturated carbocycles. The van der Waals surface area contributed by atoms with E-state index in [9.17, 15) is 42.3 Å². The van der Waals surface area contributed by atoms with Crippen molar-refractivity contribution in [1.82, 2.24) is 23.7 Å². The molecule has 22 heteroatoms. The van der Waals surface area contributed by atoms with Crippen LogP contribution in [0, 0.1) is 5.82 Å². The minimum Gasteiger partial charge on any atom is -0.479 e. The smallest absolute Gasteiger partial charge is 0.349 e. The van der Waals surface area contributed by atoms with Crippen molar-refractivity contribution >= 4 is 85.2 Å². The number of hydrogen-bond donors (Lipinski definition) is 5. The number of carboxylic acid groups (broad SMARTS) is 2. The third-order valence-corrected chi connectivity index (χ3v) is 15.7. The van der Waals surface area contributed by atoms with E-state index in [0.29, 0.717) is 66.6 Å². The molecule has 348 valence electrons. The number of hydrogen-bond acceptors (Lipinski definition) is 11. The van der Waals surface area contributed by atoms with Crippen LogP contribution in [-0.4, -0.2) is 106 Å². The molecule has 5 heterocycles. The van der Waals surface area contributed by atoms with E-state index in [1.807, 2.05) is 18.2 Å². The van der Waals surface area contributed by atoms with E-state index in [2.05, 4.69) is 16.0 Å². The van der Waals surface area contributed by atoms with E-state index < -0.39 is 46.3 Å². The first-order valence-electron chi connectivity index (χ1n) is 21.1. The number of imide groups is 1. The molecule has 3 aromatic carbocycles. The number of aryl methyl sites for hydroxylation is 1. The van der Waals surface area contributed by atoms with E-state index in [1.54, 1.807) is 36.2 Å². The van der Waals surface area contributed by atoms with Crippen molar-refractivity contribution in [3.63, 3.8) is 0 Å². The number of thiophene rings is 1. The summed E-state index contributed by atoms with van der Waals surface area (Å²) < 4.78 is 51.8. The van der Waals surface area contributed by atoms with E-state index in [1.165, 1.54) is 31.6 Å². The van der Waals surface area contributed by atoms with Crippen LogP contribution in [0.1, 0.15) is 71.3 Å².